The van der Waals surface area contributed by atoms with E-state index in [1.54, 1.807) is 13.8 Å². The summed E-state index contributed by atoms with van der Waals surface area (Å²) in [6.45, 7) is 5.21. The fourth-order valence-electron chi connectivity index (χ4n) is 2.27. The lowest BCUT2D eigenvalue weighted by atomic mass is 9.76. The van der Waals surface area contributed by atoms with Crippen LogP contribution in [0.25, 0.3) is 0 Å². The van der Waals surface area contributed by atoms with E-state index in [1.165, 1.54) is 6.92 Å². The summed E-state index contributed by atoms with van der Waals surface area (Å²) in [5.74, 6) is -1.34. The number of Topliss-reactive ketones (excluding diaryl/α,β-unsaturated/α-hetero) is 1. The van der Waals surface area contributed by atoms with Crippen molar-refractivity contribution in [2.45, 2.75) is 38.6 Å². The van der Waals surface area contributed by atoms with Crippen LogP contribution < -0.4 is 5.73 Å². The molecule has 0 saturated heterocycles. The van der Waals surface area contributed by atoms with Gasteiger partial charge in [0.2, 0.25) is 0 Å². The van der Waals surface area contributed by atoms with Gasteiger partial charge in [-0.25, -0.2) is 0 Å². The first kappa shape index (κ1) is 15.4. The number of rotatable bonds is 6. The SMILES string of the molecule is CCOC(=O)[C@](N)(CC)[C@@H](C(C)=O)c1ccccc1. The van der Waals surface area contributed by atoms with Crippen molar-refractivity contribution in [3.05, 3.63) is 35.9 Å². The van der Waals surface area contributed by atoms with Crippen LogP contribution in [-0.4, -0.2) is 23.9 Å². The third kappa shape index (κ3) is 3.20. The Kier molecular flexibility index (Phi) is 5.24. The van der Waals surface area contributed by atoms with E-state index in [0.717, 1.165) is 5.56 Å². The number of carbonyl (C=O) groups excluding carboxylic acids is 2. The molecule has 1 rings (SSSR count). The Morgan fingerprint density at radius 3 is 2.26 bits per heavy atom. The second-order valence-electron chi connectivity index (χ2n) is 4.57. The minimum atomic E-state index is -1.32. The van der Waals surface area contributed by atoms with Crippen molar-refractivity contribution in [1.29, 1.82) is 0 Å². The zero-order chi connectivity index (χ0) is 14.5. The molecule has 0 fully saturated rings. The van der Waals surface area contributed by atoms with Crippen molar-refractivity contribution in [1.82, 2.24) is 0 Å². The van der Waals surface area contributed by atoms with E-state index in [0.29, 0.717) is 6.42 Å². The van der Waals surface area contributed by atoms with E-state index in [9.17, 15) is 9.59 Å². The molecule has 1 aromatic rings. The molecule has 1 aromatic carbocycles. The minimum Gasteiger partial charge on any atom is -0.465 e. The molecular weight excluding hydrogens is 242 g/mol. The van der Waals surface area contributed by atoms with E-state index in [1.807, 2.05) is 30.3 Å². The Balaban J connectivity index is 3.23. The highest BCUT2D eigenvalue weighted by atomic mass is 16.5. The molecule has 2 atom stereocenters. The van der Waals surface area contributed by atoms with Crippen LogP contribution in [0.15, 0.2) is 30.3 Å². The van der Waals surface area contributed by atoms with Crippen molar-refractivity contribution in [3.8, 4) is 0 Å². The van der Waals surface area contributed by atoms with Gasteiger partial charge in [-0.3, -0.25) is 9.59 Å². The molecule has 0 aromatic heterocycles. The zero-order valence-electron chi connectivity index (χ0n) is 11.7. The topological polar surface area (TPSA) is 69.4 Å². The van der Waals surface area contributed by atoms with Crippen LogP contribution in [0.2, 0.25) is 0 Å². The number of ketones is 1. The Morgan fingerprint density at radius 1 is 1.26 bits per heavy atom. The van der Waals surface area contributed by atoms with Crippen LogP contribution in [0.4, 0.5) is 0 Å². The maximum Gasteiger partial charge on any atom is 0.327 e. The Morgan fingerprint density at radius 2 is 1.84 bits per heavy atom. The van der Waals surface area contributed by atoms with Crippen molar-refractivity contribution in [3.63, 3.8) is 0 Å². The zero-order valence-corrected chi connectivity index (χ0v) is 11.7. The van der Waals surface area contributed by atoms with E-state index < -0.39 is 17.4 Å². The third-order valence-corrected chi connectivity index (χ3v) is 3.30. The minimum absolute atomic E-state index is 0.136. The van der Waals surface area contributed by atoms with Crippen LogP contribution >= 0.6 is 0 Å². The van der Waals surface area contributed by atoms with Gasteiger partial charge in [-0.05, 0) is 25.8 Å². The molecular formula is C15H21NO3. The molecule has 0 bridgehead atoms. The lowest BCUT2D eigenvalue weighted by Gasteiger charge is -2.33. The number of nitrogens with two attached hydrogens (primary N) is 1. The van der Waals surface area contributed by atoms with Gasteiger partial charge in [-0.15, -0.1) is 0 Å². The van der Waals surface area contributed by atoms with Crippen LogP contribution in [-0.2, 0) is 14.3 Å². The average Bonchev–Trinajstić information content (AvgIpc) is 2.39. The predicted octanol–water partition coefficient (Wildman–Crippen LogP) is 2.03. The molecule has 4 nitrogen and oxygen atoms in total. The smallest absolute Gasteiger partial charge is 0.327 e. The van der Waals surface area contributed by atoms with Crippen molar-refractivity contribution in [2.24, 2.45) is 5.73 Å². The molecule has 0 aliphatic heterocycles. The molecule has 0 aliphatic rings. The fraction of sp³-hybridized carbons (Fsp3) is 0.467. The van der Waals surface area contributed by atoms with Crippen LogP contribution in [0, 0.1) is 0 Å². The third-order valence-electron chi connectivity index (χ3n) is 3.30. The van der Waals surface area contributed by atoms with Gasteiger partial charge in [0.25, 0.3) is 0 Å². The summed E-state index contributed by atoms with van der Waals surface area (Å²) in [7, 11) is 0. The largest absolute Gasteiger partial charge is 0.465 e. The van der Waals surface area contributed by atoms with E-state index >= 15 is 0 Å². The molecule has 0 aliphatic carbocycles. The summed E-state index contributed by atoms with van der Waals surface area (Å²) in [6, 6.07) is 9.12. The number of ether oxygens (including phenoxy) is 1. The Hall–Kier alpha value is -1.68. The number of benzene rings is 1. The molecule has 104 valence electrons. The van der Waals surface area contributed by atoms with Crippen molar-refractivity contribution >= 4 is 11.8 Å². The van der Waals surface area contributed by atoms with Gasteiger partial charge >= 0.3 is 5.97 Å². The lowest BCUT2D eigenvalue weighted by molar-refractivity contribution is -0.152. The van der Waals surface area contributed by atoms with Gasteiger partial charge in [0.05, 0.1) is 12.5 Å². The van der Waals surface area contributed by atoms with Crippen LogP contribution in [0.3, 0.4) is 0 Å². The first-order valence-electron chi connectivity index (χ1n) is 6.48. The monoisotopic (exact) mass is 263 g/mol. The summed E-state index contributed by atoms with van der Waals surface area (Å²) >= 11 is 0. The molecule has 0 heterocycles. The highest BCUT2D eigenvalue weighted by molar-refractivity contribution is 5.94. The molecule has 2 N–H and O–H groups in total. The highest BCUT2D eigenvalue weighted by Gasteiger charge is 2.45. The number of carbonyl (C=O) groups is 2. The number of esters is 1. The second kappa shape index (κ2) is 6.48. The fourth-order valence-corrected chi connectivity index (χ4v) is 2.27. The maximum absolute atomic E-state index is 12.1. The average molecular weight is 263 g/mol. The molecule has 0 radical (unpaired) electrons. The predicted molar refractivity (Wildman–Crippen MR) is 73.7 cm³/mol. The molecule has 0 saturated carbocycles. The quantitative estimate of drug-likeness (QED) is 0.797. The number of hydrogen-bond acceptors (Lipinski definition) is 4. The normalized spacial score (nSPS) is 15.4. The first-order valence-corrected chi connectivity index (χ1v) is 6.48. The Bertz CT molecular complexity index is 444. The molecule has 4 heteroatoms. The summed E-state index contributed by atoms with van der Waals surface area (Å²) in [5.41, 5.74) is 5.64. The molecule has 19 heavy (non-hydrogen) atoms. The summed E-state index contributed by atoms with van der Waals surface area (Å²) < 4.78 is 5.03. The van der Waals surface area contributed by atoms with E-state index in [-0.39, 0.29) is 12.4 Å². The van der Waals surface area contributed by atoms with Gasteiger partial charge in [-0.2, -0.15) is 0 Å². The highest BCUT2D eigenvalue weighted by Crippen LogP contribution is 2.31. The van der Waals surface area contributed by atoms with Gasteiger partial charge in [0.15, 0.2) is 0 Å². The lowest BCUT2D eigenvalue weighted by Crippen LogP contribution is -2.55. The summed E-state index contributed by atoms with van der Waals surface area (Å²) in [5, 5.41) is 0. The summed E-state index contributed by atoms with van der Waals surface area (Å²) in [4.78, 5) is 24.1. The van der Waals surface area contributed by atoms with E-state index in [4.69, 9.17) is 10.5 Å². The van der Waals surface area contributed by atoms with Crippen LogP contribution in [0.5, 0.6) is 0 Å². The van der Waals surface area contributed by atoms with E-state index in [2.05, 4.69) is 0 Å². The first-order chi connectivity index (χ1) is 8.97. The van der Waals surface area contributed by atoms with Crippen LogP contribution in [0.1, 0.15) is 38.7 Å². The summed E-state index contributed by atoms with van der Waals surface area (Å²) in [6.07, 6.45) is 0.338. The molecule has 0 amide bonds. The van der Waals surface area contributed by atoms with Gasteiger partial charge < -0.3 is 10.5 Å². The maximum atomic E-state index is 12.1. The molecule has 0 spiro atoms. The van der Waals surface area contributed by atoms with Crippen molar-refractivity contribution in [2.75, 3.05) is 6.61 Å². The standard InChI is InChI=1S/C15H21NO3/c1-4-15(16,14(18)19-5-2)13(11(3)17)12-9-7-6-8-10-12/h6-10,13H,4-5,16H2,1-3H3/t13-,15-/m0/s1. The van der Waals surface area contributed by atoms with Crippen molar-refractivity contribution < 1.29 is 14.3 Å². The Labute approximate surface area is 113 Å². The molecule has 0 unspecified atom stereocenters. The second-order valence-corrected chi connectivity index (χ2v) is 4.57. The number of hydrogen-bond donors (Lipinski definition) is 1. The van der Waals surface area contributed by atoms with Gasteiger partial charge in [0.1, 0.15) is 11.3 Å². The van der Waals surface area contributed by atoms with Gasteiger partial charge in [0, 0.05) is 0 Å². The van der Waals surface area contributed by atoms with Gasteiger partial charge in [-0.1, -0.05) is 37.3 Å².